The number of nitrogens with zero attached hydrogens (tertiary/aromatic N) is 3. The molecule has 4 heteroatoms. The smallest absolute Gasteiger partial charge is 0.118 e. The molecule has 1 aromatic rings. The zero-order valence-electron chi connectivity index (χ0n) is 11.7. The third-order valence-corrected chi connectivity index (χ3v) is 3.91. The third-order valence-electron chi connectivity index (χ3n) is 3.91. The van der Waals surface area contributed by atoms with Crippen LogP contribution in [0.25, 0.3) is 0 Å². The van der Waals surface area contributed by atoms with Crippen molar-refractivity contribution in [3.8, 4) is 12.1 Å². The number of nitriles is 2. The number of hydrogen-bond acceptors (Lipinski definition) is 4. The second kappa shape index (κ2) is 6.52. The number of benzene rings is 1. The van der Waals surface area contributed by atoms with Crippen LogP contribution in [0.3, 0.4) is 0 Å². The standard InChI is InChI=1S/C16H19N3O/c1-20-16(15-7-3-2-4-8-15)12-19(13-16)11-14(10-18)6-5-9-17/h2-4,7-8,14H,5-6,11-13H2,1H3/t14-/m1/s1. The summed E-state index contributed by atoms with van der Waals surface area (Å²) in [5.41, 5.74) is 0.945. The summed E-state index contributed by atoms with van der Waals surface area (Å²) in [4.78, 5) is 2.22. The molecule has 4 nitrogen and oxygen atoms in total. The zero-order chi connectivity index (χ0) is 14.4. The molecule has 104 valence electrons. The predicted molar refractivity (Wildman–Crippen MR) is 75.5 cm³/mol. The van der Waals surface area contributed by atoms with Crippen LogP contribution in [0, 0.1) is 28.6 Å². The molecule has 0 radical (unpaired) electrons. The van der Waals surface area contributed by atoms with Crippen LogP contribution in [0.1, 0.15) is 18.4 Å². The summed E-state index contributed by atoms with van der Waals surface area (Å²) in [6.45, 7) is 2.33. The molecule has 1 fully saturated rings. The van der Waals surface area contributed by atoms with Gasteiger partial charge in [0.25, 0.3) is 0 Å². The van der Waals surface area contributed by atoms with Crippen LogP contribution in [0.15, 0.2) is 30.3 Å². The van der Waals surface area contributed by atoms with Gasteiger partial charge in [0.1, 0.15) is 5.60 Å². The van der Waals surface area contributed by atoms with Gasteiger partial charge in [-0.3, -0.25) is 4.90 Å². The highest BCUT2D eigenvalue weighted by Crippen LogP contribution is 2.35. The molecule has 0 amide bonds. The summed E-state index contributed by atoms with van der Waals surface area (Å²) < 4.78 is 5.71. The molecule has 0 spiro atoms. The van der Waals surface area contributed by atoms with Gasteiger partial charge in [0.2, 0.25) is 0 Å². The van der Waals surface area contributed by atoms with Gasteiger partial charge in [-0.25, -0.2) is 0 Å². The van der Waals surface area contributed by atoms with Crippen LogP contribution in [0.2, 0.25) is 0 Å². The van der Waals surface area contributed by atoms with Crippen LogP contribution in [-0.2, 0) is 10.3 Å². The average Bonchev–Trinajstić information content (AvgIpc) is 2.46. The van der Waals surface area contributed by atoms with Crippen molar-refractivity contribution in [1.29, 1.82) is 10.5 Å². The van der Waals surface area contributed by atoms with Gasteiger partial charge in [-0.2, -0.15) is 10.5 Å². The van der Waals surface area contributed by atoms with Crippen LogP contribution >= 0.6 is 0 Å². The van der Waals surface area contributed by atoms with E-state index in [1.807, 2.05) is 18.2 Å². The fraction of sp³-hybridized carbons (Fsp3) is 0.500. The Labute approximate surface area is 120 Å². The minimum atomic E-state index is -0.240. The maximum absolute atomic E-state index is 9.11. The van der Waals surface area contributed by atoms with Gasteiger partial charge < -0.3 is 4.74 Å². The Balaban J connectivity index is 1.92. The van der Waals surface area contributed by atoms with Gasteiger partial charge in [0, 0.05) is 33.2 Å². The molecule has 0 saturated carbocycles. The van der Waals surface area contributed by atoms with Crippen molar-refractivity contribution in [2.45, 2.75) is 18.4 Å². The maximum Gasteiger partial charge on any atom is 0.118 e. The van der Waals surface area contributed by atoms with E-state index in [0.717, 1.165) is 19.6 Å². The normalized spacial score (nSPS) is 18.6. The van der Waals surface area contributed by atoms with Crippen LogP contribution in [0.5, 0.6) is 0 Å². The van der Waals surface area contributed by atoms with Crippen molar-refractivity contribution < 1.29 is 4.74 Å². The van der Waals surface area contributed by atoms with Crippen molar-refractivity contribution >= 4 is 0 Å². The second-order valence-electron chi connectivity index (χ2n) is 5.26. The largest absolute Gasteiger partial charge is 0.371 e. The second-order valence-corrected chi connectivity index (χ2v) is 5.26. The molecule has 0 aromatic heterocycles. The van der Waals surface area contributed by atoms with Crippen molar-refractivity contribution in [1.82, 2.24) is 4.90 Å². The number of likely N-dealkylation sites (tertiary alicyclic amines) is 1. The van der Waals surface area contributed by atoms with Gasteiger partial charge in [-0.1, -0.05) is 30.3 Å². The van der Waals surface area contributed by atoms with Gasteiger partial charge >= 0.3 is 0 Å². The predicted octanol–water partition coefficient (Wildman–Crippen LogP) is 2.29. The molecule has 1 aromatic carbocycles. The molecule has 1 aliphatic rings. The lowest BCUT2D eigenvalue weighted by molar-refractivity contribution is -0.133. The molecule has 0 N–H and O–H groups in total. The summed E-state index contributed by atoms with van der Waals surface area (Å²) >= 11 is 0. The first-order valence-corrected chi connectivity index (χ1v) is 6.83. The average molecular weight is 269 g/mol. The highest BCUT2D eigenvalue weighted by Gasteiger charge is 2.44. The van der Waals surface area contributed by atoms with E-state index >= 15 is 0 Å². The Bertz CT molecular complexity index is 509. The fourth-order valence-electron chi connectivity index (χ4n) is 2.72. The van der Waals surface area contributed by atoms with Crippen molar-refractivity contribution in [2.24, 2.45) is 5.92 Å². The maximum atomic E-state index is 9.11. The SMILES string of the molecule is COC1(c2ccccc2)CN(C[C@@H](C#N)CCC#N)C1. The first-order valence-electron chi connectivity index (χ1n) is 6.83. The van der Waals surface area contributed by atoms with E-state index in [1.54, 1.807) is 7.11 Å². The molecule has 1 saturated heterocycles. The lowest BCUT2D eigenvalue weighted by atomic mass is 9.85. The summed E-state index contributed by atoms with van der Waals surface area (Å²) in [5, 5.41) is 17.7. The van der Waals surface area contributed by atoms with Gasteiger partial charge in [-0.15, -0.1) is 0 Å². The molecular weight excluding hydrogens is 250 g/mol. The summed E-state index contributed by atoms with van der Waals surface area (Å²) in [6.07, 6.45) is 1.09. The summed E-state index contributed by atoms with van der Waals surface area (Å²) in [7, 11) is 1.74. The monoisotopic (exact) mass is 269 g/mol. The Hall–Kier alpha value is -1.88. The van der Waals surface area contributed by atoms with Gasteiger partial charge in [0.05, 0.1) is 18.1 Å². The van der Waals surface area contributed by atoms with E-state index in [9.17, 15) is 0 Å². The highest BCUT2D eigenvalue weighted by atomic mass is 16.5. The van der Waals surface area contributed by atoms with Crippen LogP contribution < -0.4 is 0 Å². The molecule has 0 aliphatic carbocycles. The number of ether oxygens (including phenoxy) is 1. The molecule has 1 atom stereocenters. The third kappa shape index (κ3) is 2.99. The molecule has 1 aliphatic heterocycles. The lowest BCUT2D eigenvalue weighted by Crippen LogP contribution is -2.61. The van der Waals surface area contributed by atoms with Crippen molar-refractivity contribution in [2.75, 3.05) is 26.7 Å². The minimum Gasteiger partial charge on any atom is -0.371 e. The number of methoxy groups -OCH3 is 1. The Morgan fingerprint density at radius 1 is 1.30 bits per heavy atom. The van der Waals surface area contributed by atoms with Crippen LogP contribution in [0.4, 0.5) is 0 Å². The highest BCUT2D eigenvalue weighted by molar-refractivity contribution is 5.26. The van der Waals surface area contributed by atoms with Crippen molar-refractivity contribution in [3.63, 3.8) is 0 Å². The Kier molecular flexibility index (Phi) is 4.74. The van der Waals surface area contributed by atoms with E-state index in [4.69, 9.17) is 15.3 Å². The zero-order valence-corrected chi connectivity index (χ0v) is 11.7. The topological polar surface area (TPSA) is 60.0 Å². The first-order chi connectivity index (χ1) is 9.74. The van der Waals surface area contributed by atoms with Gasteiger partial charge in [0.15, 0.2) is 0 Å². The summed E-state index contributed by atoms with van der Waals surface area (Å²) in [5.74, 6) is -0.0692. The lowest BCUT2D eigenvalue weighted by Gasteiger charge is -2.50. The first kappa shape index (κ1) is 14.5. The number of rotatable bonds is 6. The quantitative estimate of drug-likeness (QED) is 0.795. The molecule has 20 heavy (non-hydrogen) atoms. The van der Waals surface area contributed by atoms with Gasteiger partial charge in [-0.05, 0) is 12.0 Å². The molecule has 1 heterocycles. The molecule has 0 bridgehead atoms. The summed E-state index contributed by atoms with van der Waals surface area (Å²) in [6, 6.07) is 14.6. The minimum absolute atomic E-state index is 0.0692. The molecule has 2 rings (SSSR count). The molecular formula is C16H19N3O. The van der Waals surface area contributed by atoms with Crippen LogP contribution in [-0.4, -0.2) is 31.6 Å². The fourth-order valence-corrected chi connectivity index (χ4v) is 2.72. The van der Waals surface area contributed by atoms with E-state index in [0.29, 0.717) is 12.8 Å². The Morgan fingerprint density at radius 3 is 2.55 bits per heavy atom. The molecule has 0 unspecified atom stereocenters. The van der Waals surface area contributed by atoms with Crippen molar-refractivity contribution in [3.05, 3.63) is 35.9 Å². The van der Waals surface area contributed by atoms with E-state index in [-0.39, 0.29) is 11.5 Å². The van der Waals surface area contributed by atoms with E-state index in [1.165, 1.54) is 5.56 Å². The van der Waals surface area contributed by atoms with E-state index in [2.05, 4.69) is 29.2 Å². The van der Waals surface area contributed by atoms with E-state index < -0.39 is 0 Å². The Morgan fingerprint density at radius 2 is 2.00 bits per heavy atom. The number of hydrogen-bond donors (Lipinski definition) is 0.